The van der Waals surface area contributed by atoms with Crippen molar-refractivity contribution in [1.82, 2.24) is 25.8 Å². The molecule has 0 aromatic carbocycles. The topological polar surface area (TPSA) is 129 Å². The van der Waals surface area contributed by atoms with Crippen LogP contribution in [0.4, 0.5) is 4.39 Å². The molecule has 4 heterocycles. The Balaban J connectivity index is 1.26. The van der Waals surface area contributed by atoms with Crippen molar-refractivity contribution in [2.45, 2.75) is 113 Å². The minimum absolute atomic E-state index is 0.00497. The average Bonchev–Trinajstić information content (AvgIpc) is 3.47. The van der Waals surface area contributed by atoms with E-state index in [1.807, 2.05) is 11.9 Å². The molecule has 216 valence electrons. The molecular weight excluding hydrogens is 485 g/mol. The maximum Gasteiger partial charge on any atom is 0.227 e. The van der Waals surface area contributed by atoms with Crippen LogP contribution >= 0.6 is 0 Å². The van der Waals surface area contributed by atoms with Crippen molar-refractivity contribution in [2.24, 2.45) is 22.8 Å². The monoisotopic (exact) mass is 535 g/mol. The summed E-state index contributed by atoms with van der Waals surface area (Å²) in [7, 11) is 1.96. The number of nitrogens with one attached hydrogen (secondary N) is 3. The summed E-state index contributed by atoms with van der Waals surface area (Å²) in [4.78, 5) is 30.6. The highest BCUT2D eigenvalue weighted by Crippen LogP contribution is 2.47. The second-order valence-corrected chi connectivity index (χ2v) is 13.1. The first-order valence-electron chi connectivity index (χ1n) is 15.1. The molecule has 0 bridgehead atoms. The predicted molar refractivity (Wildman–Crippen MR) is 146 cm³/mol. The predicted octanol–water partition coefficient (Wildman–Crippen LogP) is 0.820. The summed E-state index contributed by atoms with van der Waals surface area (Å²) in [5, 5.41) is 10.2. The molecule has 0 radical (unpaired) electrons. The number of hydrogen-bond acceptors (Lipinski definition) is 7. The van der Waals surface area contributed by atoms with Crippen LogP contribution in [0.1, 0.15) is 77.0 Å². The zero-order valence-electron chi connectivity index (χ0n) is 23.2. The summed E-state index contributed by atoms with van der Waals surface area (Å²) in [6.45, 7) is 3.73. The van der Waals surface area contributed by atoms with E-state index < -0.39 is 18.3 Å². The van der Waals surface area contributed by atoms with Crippen LogP contribution in [-0.4, -0.2) is 97.4 Å². The third kappa shape index (κ3) is 5.75. The van der Waals surface area contributed by atoms with Crippen molar-refractivity contribution >= 4 is 11.8 Å². The second-order valence-electron chi connectivity index (χ2n) is 13.1. The summed E-state index contributed by atoms with van der Waals surface area (Å²) < 4.78 is 14.6. The van der Waals surface area contributed by atoms with E-state index in [0.717, 1.165) is 71.0 Å². The minimum Gasteiger partial charge on any atom is -0.350 e. The molecule has 38 heavy (non-hydrogen) atoms. The van der Waals surface area contributed by atoms with E-state index >= 15 is 0 Å². The van der Waals surface area contributed by atoms with Crippen molar-refractivity contribution < 1.29 is 14.0 Å². The zero-order chi connectivity index (χ0) is 26.9. The normalized spacial score (nSPS) is 35.0. The van der Waals surface area contributed by atoms with Crippen LogP contribution in [0.5, 0.6) is 0 Å². The van der Waals surface area contributed by atoms with E-state index in [1.54, 1.807) is 0 Å². The van der Waals surface area contributed by atoms with Crippen molar-refractivity contribution in [1.29, 1.82) is 0 Å². The Morgan fingerprint density at radius 3 is 2.47 bits per heavy atom. The molecule has 5 rings (SSSR count). The lowest BCUT2D eigenvalue weighted by Gasteiger charge is -2.48. The van der Waals surface area contributed by atoms with Gasteiger partial charge in [-0.1, -0.05) is 12.8 Å². The van der Waals surface area contributed by atoms with Gasteiger partial charge >= 0.3 is 0 Å². The first-order valence-corrected chi connectivity index (χ1v) is 15.1. The number of piperidine rings is 2. The minimum atomic E-state index is -0.906. The molecule has 4 aliphatic heterocycles. The fourth-order valence-corrected chi connectivity index (χ4v) is 8.45. The Bertz CT molecular complexity index is 843. The first kappa shape index (κ1) is 28.2. The largest absolute Gasteiger partial charge is 0.350 e. The highest BCUT2D eigenvalue weighted by molar-refractivity contribution is 5.80. The lowest BCUT2D eigenvalue weighted by Crippen LogP contribution is -2.65. The fraction of sp³-hybridized carbons (Fsp3) is 0.929. The van der Waals surface area contributed by atoms with Crippen molar-refractivity contribution in [3.8, 4) is 0 Å². The first-order chi connectivity index (χ1) is 18.2. The van der Waals surface area contributed by atoms with Gasteiger partial charge in [0, 0.05) is 57.3 Å². The van der Waals surface area contributed by atoms with Crippen LogP contribution in [0.25, 0.3) is 0 Å². The number of halogens is 1. The number of nitrogens with zero attached hydrogens (tertiary/aromatic N) is 2. The van der Waals surface area contributed by atoms with Gasteiger partial charge in [-0.25, -0.2) is 4.39 Å². The Hall–Kier alpha value is -1.33. The highest BCUT2D eigenvalue weighted by Gasteiger charge is 2.47. The Labute approximate surface area is 227 Å². The quantitative estimate of drug-likeness (QED) is 0.330. The number of hydrogen-bond donors (Lipinski definition) is 5. The molecule has 1 aliphatic carbocycles. The molecule has 4 saturated heterocycles. The molecule has 10 heteroatoms. The smallest absolute Gasteiger partial charge is 0.227 e. The molecular formula is C28H50FN7O2. The molecule has 0 aromatic rings. The van der Waals surface area contributed by atoms with E-state index in [-0.39, 0.29) is 47.4 Å². The number of alkyl halides is 1. The Morgan fingerprint density at radius 2 is 1.82 bits per heavy atom. The molecule has 2 spiro atoms. The molecule has 2 amide bonds. The number of likely N-dealkylation sites (tertiary alicyclic amines) is 2. The van der Waals surface area contributed by atoms with Gasteiger partial charge in [-0.05, 0) is 69.7 Å². The van der Waals surface area contributed by atoms with Crippen LogP contribution in [-0.2, 0) is 9.59 Å². The number of nitrogens with two attached hydrogens (primary N) is 2. The molecule has 5 aliphatic rings. The second kappa shape index (κ2) is 11.6. The average molecular weight is 536 g/mol. The van der Waals surface area contributed by atoms with Crippen LogP contribution in [0.2, 0.25) is 0 Å². The van der Waals surface area contributed by atoms with Crippen LogP contribution in [0, 0.1) is 11.3 Å². The van der Waals surface area contributed by atoms with Gasteiger partial charge in [0.15, 0.2) is 0 Å². The highest BCUT2D eigenvalue weighted by atomic mass is 19.1. The summed E-state index contributed by atoms with van der Waals surface area (Å²) in [5.41, 5.74) is 12.6. The molecule has 5 fully saturated rings. The van der Waals surface area contributed by atoms with E-state index in [4.69, 9.17) is 11.5 Å². The molecule has 0 aromatic heterocycles. The lowest BCUT2D eigenvalue weighted by molar-refractivity contribution is -0.132. The zero-order valence-corrected chi connectivity index (χ0v) is 23.2. The summed E-state index contributed by atoms with van der Waals surface area (Å²) in [6.07, 6.45) is 9.64. The standard InChI is InChI=1S/C28H50FN7O2/c1-35-23(37)5-10-28(35)11-14-36(15-12-28)22-6-13-32-18-21(22)34-26(38)24(25(30)31)20-16-27(7-2-3-8-27)9-4-19(29)17-33-20/h19-22,24-25,32-33H,2-18,30-31H2,1H3,(H,34,38). The summed E-state index contributed by atoms with van der Waals surface area (Å²) >= 11 is 0. The van der Waals surface area contributed by atoms with Crippen molar-refractivity contribution in [3.63, 3.8) is 0 Å². The Kier molecular flexibility index (Phi) is 8.65. The lowest BCUT2D eigenvalue weighted by atomic mass is 9.72. The fourth-order valence-electron chi connectivity index (χ4n) is 8.45. The van der Waals surface area contributed by atoms with Gasteiger partial charge in [0.25, 0.3) is 0 Å². The summed E-state index contributed by atoms with van der Waals surface area (Å²) in [6, 6.07) is -0.0411. The van der Waals surface area contributed by atoms with E-state index in [9.17, 15) is 14.0 Å². The maximum absolute atomic E-state index is 14.6. The van der Waals surface area contributed by atoms with Gasteiger partial charge in [-0.15, -0.1) is 0 Å². The van der Waals surface area contributed by atoms with Crippen LogP contribution < -0.4 is 27.4 Å². The van der Waals surface area contributed by atoms with Crippen molar-refractivity contribution in [2.75, 3.05) is 39.8 Å². The number of carbonyl (C=O) groups is 2. The van der Waals surface area contributed by atoms with Crippen molar-refractivity contribution in [3.05, 3.63) is 0 Å². The molecule has 5 atom stereocenters. The van der Waals surface area contributed by atoms with Gasteiger partial charge in [0.05, 0.1) is 18.1 Å². The molecule has 9 nitrogen and oxygen atoms in total. The Morgan fingerprint density at radius 1 is 1.08 bits per heavy atom. The maximum atomic E-state index is 14.6. The molecule has 7 N–H and O–H groups in total. The number of carbonyl (C=O) groups excluding carboxylic acids is 2. The van der Waals surface area contributed by atoms with Gasteiger partial charge < -0.3 is 32.3 Å². The SMILES string of the molecule is CN1C(=O)CCC12CCN(C1CCNCC1NC(=O)C(C(N)N)C1CC3(CCCC3)CCC(F)CN1)CC2. The summed E-state index contributed by atoms with van der Waals surface area (Å²) in [5.74, 6) is -0.464. The van der Waals surface area contributed by atoms with E-state index in [2.05, 4.69) is 20.9 Å². The number of amides is 2. The van der Waals surface area contributed by atoms with Gasteiger partial charge in [0.1, 0.15) is 6.17 Å². The van der Waals surface area contributed by atoms with Crippen LogP contribution in [0.3, 0.4) is 0 Å². The van der Waals surface area contributed by atoms with Gasteiger partial charge in [0.2, 0.25) is 11.8 Å². The molecule has 1 saturated carbocycles. The van der Waals surface area contributed by atoms with E-state index in [0.29, 0.717) is 19.4 Å². The number of rotatable bonds is 5. The van der Waals surface area contributed by atoms with Gasteiger partial charge in [-0.3, -0.25) is 14.5 Å². The van der Waals surface area contributed by atoms with E-state index in [1.165, 1.54) is 12.8 Å². The van der Waals surface area contributed by atoms with Crippen LogP contribution in [0.15, 0.2) is 0 Å². The third-order valence-electron chi connectivity index (χ3n) is 10.9. The third-order valence-corrected chi connectivity index (χ3v) is 10.9. The van der Waals surface area contributed by atoms with Gasteiger partial charge in [-0.2, -0.15) is 0 Å². The molecule has 5 unspecified atom stereocenters.